The minimum atomic E-state index is -3.95. The van der Waals surface area contributed by atoms with Crippen LogP contribution in [0.15, 0.2) is 0 Å². The first-order valence-corrected chi connectivity index (χ1v) is 9.01. The van der Waals surface area contributed by atoms with Gasteiger partial charge in [-0.2, -0.15) is 0 Å². The maximum absolute atomic E-state index is 11.6. The Balaban J connectivity index is 4.18. The fraction of sp³-hybridized carbons (Fsp3) is 1.00. The molecule has 17 heavy (non-hydrogen) atoms. The summed E-state index contributed by atoms with van der Waals surface area (Å²) in [6.07, 6.45) is 0. The van der Waals surface area contributed by atoms with Crippen molar-refractivity contribution in [3.05, 3.63) is 0 Å². The molecule has 0 aromatic carbocycles. The molecule has 0 atom stereocenters. The van der Waals surface area contributed by atoms with E-state index in [0.29, 0.717) is 10.7 Å². The van der Waals surface area contributed by atoms with Crippen LogP contribution in [0.1, 0.15) is 27.7 Å². The summed E-state index contributed by atoms with van der Waals surface area (Å²) in [6.45, 7) is 8.07. The van der Waals surface area contributed by atoms with Gasteiger partial charge in [0.1, 0.15) is 0 Å². The molecule has 7 heteroatoms. The van der Waals surface area contributed by atoms with E-state index in [1.54, 1.807) is 0 Å². The highest BCUT2D eigenvalue weighted by molar-refractivity contribution is 9.09. The van der Waals surface area contributed by atoms with E-state index in [1.807, 2.05) is 27.7 Å². The molecule has 0 rings (SSSR count). The second-order valence-electron chi connectivity index (χ2n) is 5.61. The maximum Gasteiger partial charge on any atom is 0.472 e. The highest BCUT2D eigenvalue weighted by Gasteiger charge is 2.29. The van der Waals surface area contributed by atoms with Gasteiger partial charge in [0.05, 0.1) is 13.2 Å². The van der Waals surface area contributed by atoms with E-state index >= 15 is 0 Å². The molecule has 0 aliphatic heterocycles. The maximum atomic E-state index is 11.6. The Morgan fingerprint density at radius 3 is 1.53 bits per heavy atom. The van der Waals surface area contributed by atoms with Crippen molar-refractivity contribution in [3.8, 4) is 0 Å². The molecule has 104 valence electrons. The lowest BCUT2D eigenvalue weighted by molar-refractivity contribution is 0.0905. The summed E-state index contributed by atoms with van der Waals surface area (Å²) in [6, 6.07) is 0. The Morgan fingerprint density at radius 2 is 1.29 bits per heavy atom. The highest BCUT2D eigenvalue weighted by Crippen LogP contribution is 2.46. The number of rotatable bonds is 8. The van der Waals surface area contributed by atoms with Crippen molar-refractivity contribution in [3.63, 3.8) is 0 Å². The van der Waals surface area contributed by atoms with Gasteiger partial charge in [-0.1, -0.05) is 59.6 Å². The van der Waals surface area contributed by atoms with E-state index in [4.69, 9.17) is 9.05 Å². The molecule has 0 spiro atoms. The van der Waals surface area contributed by atoms with E-state index < -0.39 is 7.82 Å². The van der Waals surface area contributed by atoms with Gasteiger partial charge in [0, 0.05) is 10.7 Å². The van der Waals surface area contributed by atoms with Gasteiger partial charge in [0.2, 0.25) is 0 Å². The molecule has 0 saturated heterocycles. The van der Waals surface area contributed by atoms with Crippen molar-refractivity contribution in [1.29, 1.82) is 0 Å². The van der Waals surface area contributed by atoms with Gasteiger partial charge in [0.15, 0.2) is 0 Å². The molecule has 0 unspecified atom stereocenters. The van der Waals surface area contributed by atoms with Gasteiger partial charge in [-0.15, -0.1) is 0 Å². The third kappa shape index (κ3) is 8.73. The van der Waals surface area contributed by atoms with Crippen LogP contribution >= 0.6 is 39.7 Å². The summed E-state index contributed by atoms with van der Waals surface area (Å²) in [5, 5.41) is 1.37. The van der Waals surface area contributed by atoms with Crippen LogP contribution in [0.3, 0.4) is 0 Å². The van der Waals surface area contributed by atoms with Crippen molar-refractivity contribution in [2.45, 2.75) is 27.7 Å². The van der Waals surface area contributed by atoms with Gasteiger partial charge in [0.25, 0.3) is 0 Å². The van der Waals surface area contributed by atoms with Gasteiger partial charge in [-0.25, -0.2) is 4.57 Å². The zero-order chi connectivity index (χ0) is 13.7. The van der Waals surface area contributed by atoms with E-state index in [-0.39, 0.29) is 24.0 Å². The van der Waals surface area contributed by atoms with Crippen LogP contribution in [0.5, 0.6) is 0 Å². The molecule has 0 amide bonds. The molecule has 0 heterocycles. The smallest absolute Gasteiger partial charge is 0.302 e. The zero-order valence-corrected chi connectivity index (χ0v) is 14.8. The molecule has 1 N–H and O–H groups in total. The molecule has 0 aliphatic carbocycles. The molecule has 0 saturated carbocycles. The van der Waals surface area contributed by atoms with E-state index in [9.17, 15) is 9.46 Å². The Hall–Kier alpha value is 1.07. The van der Waals surface area contributed by atoms with Crippen molar-refractivity contribution >= 4 is 39.7 Å². The number of phosphoric ester groups is 1. The standard InChI is InChI=1S/C10H21Br2O4P/c1-9(2,5-11)7-15-17(13,14)16-8-10(3,4)6-12/h5-8H2,1-4H3,(H,13,14). The number of hydrogen-bond donors (Lipinski definition) is 1. The molecule has 0 radical (unpaired) electrons. The average Bonchev–Trinajstić information content (AvgIpc) is 2.25. The molecule has 0 aromatic rings. The van der Waals surface area contributed by atoms with Crippen LogP contribution < -0.4 is 0 Å². The van der Waals surface area contributed by atoms with Crippen LogP contribution in [0, 0.1) is 10.8 Å². The lowest BCUT2D eigenvalue weighted by Gasteiger charge is -2.25. The first kappa shape index (κ1) is 18.1. The highest BCUT2D eigenvalue weighted by atomic mass is 79.9. The second-order valence-corrected chi connectivity index (χ2v) is 8.19. The Morgan fingerprint density at radius 1 is 1.00 bits per heavy atom. The lowest BCUT2D eigenvalue weighted by Crippen LogP contribution is -2.23. The SMILES string of the molecule is CC(C)(CBr)COP(=O)(O)OCC(C)(C)CBr. The quantitative estimate of drug-likeness (QED) is 0.499. The van der Waals surface area contributed by atoms with Gasteiger partial charge in [-0.3, -0.25) is 9.05 Å². The van der Waals surface area contributed by atoms with E-state index in [2.05, 4.69) is 31.9 Å². The minimum absolute atomic E-state index is 0.167. The molecule has 0 fully saturated rings. The van der Waals surface area contributed by atoms with Gasteiger partial charge in [-0.05, 0) is 10.8 Å². The molecule has 4 nitrogen and oxygen atoms in total. The van der Waals surface area contributed by atoms with Crippen LogP contribution in [0.4, 0.5) is 0 Å². The number of hydrogen-bond acceptors (Lipinski definition) is 3. The summed E-state index contributed by atoms with van der Waals surface area (Å²) < 4.78 is 21.6. The Bertz CT molecular complexity index is 257. The number of halogens is 2. The fourth-order valence-corrected chi connectivity index (χ4v) is 2.05. The second kappa shape index (κ2) is 7.01. The molecule has 0 bridgehead atoms. The summed E-state index contributed by atoms with van der Waals surface area (Å²) >= 11 is 6.64. The average molecular weight is 396 g/mol. The topological polar surface area (TPSA) is 55.8 Å². The molecule has 0 aromatic heterocycles. The largest absolute Gasteiger partial charge is 0.472 e. The summed E-state index contributed by atoms with van der Waals surface area (Å²) in [5.41, 5.74) is -0.403. The van der Waals surface area contributed by atoms with Crippen molar-refractivity contribution in [1.82, 2.24) is 0 Å². The third-order valence-corrected chi connectivity index (χ3v) is 5.91. The Kier molecular flexibility index (Phi) is 7.46. The van der Waals surface area contributed by atoms with Crippen molar-refractivity contribution in [2.24, 2.45) is 10.8 Å². The lowest BCUT2D eigenvalue weighted by atomic mass is 9.99. The first-order chi connectivity index (χ1) is 7.54. The summed E-state index contributed by atoms with van der Waals surface area (Å²) in [5.74, 6) is 0. The summed E-state index contributed by atoms with van der Waals surface area (Å²) in [4.78, 5) is 9.51. The van der Waals surface area contributed by atoms with Crippen LogP contribution in [-0.2, 0) is 13.6 Å². The third-order valence-electron chi connectivity index (χ3n) is 1.96. The number of alkyl halides is 2. The van der Waals surface area contributed by atoms with Crippen LogP contribution in [0.25, 0.3) is 0 Å². The monoisotopic (exact) mass is 394 g/mol. The summed E-state index contributed by atoms with van der Waals surface area (Å²) in [7, 11) is -3.95. The van der Waals surface area contributed by atoms with Crippen LogP contribution in [0.2, 0.25) is 0 Å². The van der Waals surface area contributed by atoms with Crippen molar-refractivity contribution < 1.29 is 18.5 Å². The molecule has 0 aliphatic rings. The van der Waals surface area contributed by atoms with Crippen molar-refractivity contribution in [2.75, 3.05) is 23.9 Å². The first-order valence-electron chi connectivity index (χ1n) is 5.27. The Labute approximate surface area is 120 Å². The minimum Gasteiger partial charge on any atom is -0.302 e. The normalized spacial score (nSPS) is 14.1. The predicted molar refractivity (Wildman–Crippen MR) is 76.9 cm³/mol. The zero-order valence-electron chi connectivity index (χ0n) is 10.7. The van der Waals surface area contributed by atoms with E-state index in [1.165, 1.54) is 0 Å². The molecular formula is C10H21Br2O4P. The van der Waals surface area contributed by atoms with Gasteiger partial charge < -0.3 is 4.89 Å². The predicted octanol–water partition coefficient (Wildman–Crippen LogP) is 3.96. The molecular weight excluding hydrogens is 375 g/mol. The van der Waals surface area contributed by atoms with E-state index in [0.717, 1.165) is 0 Å². The van der Waals surface area contributed by atoms with Gasteiger partial charge >= 0.3 is 7.82 Å². The fourth-order valence-electron chi connectivity index (χ4n) is 0.627. The number of phosphoric acid groups is 1. The van der Waals surface area contributed by atoms with Crippen LogP contribution in [-0.4, -0.2) is 28.8 Å².